The number of rotatable bonds is 8. The van der Waals surface area contributed by atoms with E-state index in [0.29, 0.717) is 23.9 Å². The molecule has 0 saturated carbocycles. The van der Waals surface area contributed by atoms with Crippen molar-refractivity contribution in [2.75, 3.05) is 26.1 Å². The molecule has 6 rings (SSSR count). The largest absolute Gasteiger partial charge is 0.493 e. The van der Waals surface area contributed by atoms with Crippen LogP contribution in [-0.2, 0) is 0 Å². The Balaban J connectivity index is 1.46. The second kappa shape index (κ2) is 10.3. The van der Waals surface area contributed by atoms with Crippen LogP contribution in [0.3, 0.4) is 0 Å². The van der Waals surface area contributed by atoms with E-state index in [0.717, 1.165) is 33.2 Å². The lowest BCUT2D eigenvalue weighted by Crippen LogP contribution is -2.15. The summed E-state index contributed by atoms with van der Waals surface area (Å²) < 4.78 is 11.2. The minimum Gasteiger partial charge on any atom is -0.493 e. The summed E-state index contributed by atoms with van der Waals surface area (Å²) in [5.41, 5.74) is 5.27. The van der Waals surface area contributed by atoms with Crippen LogP contribution in [0.1, 0.15) is 17.0 Å². The van der Waals surface area contributed by atoms with Crippen LogP contribution in [0.25, 0.3) is 33.2 Å². The normalized spacial score (nSPS) is 11.2. The molecule has 6 nitrogen and oxygen atoms in total. The van der Waals surface area contributed by atoms with E-state index in [2.05, 4.69) is 77.0 Å². The van der Waals surface area contributed by atoms with Crippen LogP contribution in [0.5, 0.6) is 11.5 Å². The predicted octanol–water partition coefficient (Wildman–Crippen LogP) is 7.04. The zero-order valence-corrected chi connectivity index (χ0v) is 21.3. The molecule has 0 aliphatic heterocycles. The van der Waals surface area contributed by atoms with Crippen LogP contribution in [0.4, 0.5) is 5.82 Å². The zero-order valence-electron chi connectivity index (χ0n) is 21.3. The van der Waals surface area contributed by atoms with E-state index in [-0.39, 0.29) is 5.92 Å². The van der Waals surface area contributed by atoms with Gasteiger partial charge in [0.05, 0.1) is 19.7 Å². The molecule has 0 spiro atoms. The fourth-order valence-corrected chi connectivity index (χ4v) is 4.91. The average molecular weight is 501 g/mol. The Morgan fingerprint density at radius 1 is 0.763 bits per heavy atom. The summed E-state index contributed by atoms with van der Waals surface area (Å²) in [6.45, 7) is 0.658. The van der Waals surface area contributed by atoms with E-state index in [4.69, 9.17) is 19.4 Å². The van der Waals surface area contributed by atoms with Crippen molar-refractivity contribution in [3.8, 4) is 22.9 Å². The molecule has 0 unspecified atom stereocenters. The van der Waals surface area contributed by atoms with Crippen molar-refractivity contribution in [3.63, 3.8) is 0 Å². The molecule has 0 aliphatic rings. The molecule has 2 N–H and O–H groups in total. The van der Waals surface area contributed by atoms with E-state index in [1.54, 1.807) is 14.2 Å². The van der Waals surface area contributed by atoms with E-state index in [1.807, 2.05) is 36.5 Å². The highest BCUT2D eigenvalue weighted by Crippen LogP contribution is 2.36. The third-order valence-corrected chi connectivity index (χ3v) is 6.89. The topological polar surface area (TPSA) is 72.1 Å². The van der Waals surface area contributed by atoms with Crippen molar-refractivity contribution in [2.45, 2.75) is 5.92 Å². The Labute approximate surface area is 221 Å². The van der Waals surface area contributed by atoms with Gasteiger partial charge >= 0.3 is 0 Å². The van der Waals surface area contributed by atoms with Crippen molar-refractivity contribution >= 4 is 27.6 Å². The van der Waals surface area contributed by atoms with Crippen LogP contribution in [-0.4, -0.2) is 35.7 Å². The summed E-state index contributed by atoms with van der Waals surface area (Å²) in [5.74, 6) is 2.80. The lowest BCUT2D eigenvalue weighted by Gasteiger charge is -2.20. The molecule has 0 atom stereocenters. The molecule has 6 aromatic rings. The van der Waals surface area contributed by atoms with Gasteiger partial charge in [-0.1, -0.05) is 60.7 Å². The van der Waals surface area contributed by atoms with Gasteiger partial charge in [-0.15, -0.1) is 0 Å². The highest BCUT2D eigenvalue weighted by atomic mass is 16.5. The van der Waals surface area contributed by atoms with E-state index >= 15 is 0 Å². The number of methoxy groups -OCH3 is 2. The second-order valence-corrected chi connectivity index (χ2v) is 9.15. The van der Waals surface area contributed by atoms with Crippen LogP contribution in [0, 0.1) is 0 Å². The molecule has 0 aliphatic carbocycles. The number of hydrogen-bond donors (Lipinski definition) is 2. The van der Waals surface area contributed by atoms with Gasteiger partial charge in [-0.2, -0.15) is 0 Å². The van der Waals surface area contributed by atoms with Crippen LogP contribution < -0.4 is 14.8 Å². The maximum Gasteiger partial charge on any atom is 0.162 e. The van der Waals surface area contributed by atoms with Crippen LogP contribution in [0.2, 0.25) is 0 Å². The molecule has 0 amide bonds. The first-order valence-electron chi connectivity index (χ1n) is 12.6. The SMILES string of the molecule is COc1cc2nc(-c3ccc4[nH]ccc4c3)nc(NCC(c3ccccc3)c3ccccc3)c2cc1OC. The number of H-pyrrole nitrogens is 1. The van der Waals surface area contributed by atoms with E-state index in [9.17, 15) is 0 Å². The third kappa shape index (κ3) is 4.52. The van der Waals surface area contributed by atoms with Gasteiger partial charge < -0.3 is 19.8 Å². The van der Waals surface area contributed by atoms with Gasteiger partial charge in [-0.3, -0.25) is 0 Å². The Morgan fingerprint density at radius 3 is 2.13 bits per heavy atom. The molecule has 2 aromatic heterocycles. The Bertz CT molecular complexity index is 1660. The van der Waals surface area contributed by atoms with Crippen molar-refractivity contribution < 1.29 is 9.47 Å². The van der Waals surface area contributed by atoms with Crippen molar-refractivity contribution in [1.82, 2.24) is 15.0 Å². The Hall–Kier alpha value is -4.84. The molecule has 188 valence electrons. The molecule has 0 saturated heterocycles. The number of nitrogens with zero attached hydrogens (tertiary/aromatic N) is 2. The summed E-state index contributed by atoms with van der Waals surface area (Å²) in [7, 11) is 3.27. The number of anilines is 1. The number of benzene rings is 4. The first-order chi connectivity index (χ1) is 18.7. The zero-order chi connectivity index (χ0) is 25.9. The lowest BCUT2D eigenvalue weighted by atomic mass is 9.91. The number of hydrogen-bond acceptors (Lipinski definition) is 5. The monoisotopic (exact) mass is 500 g/mol. The summed E-state index contributed by atoms with van der Waals surface area (Å²) in [5, 5.41) is 5.64. The summed E-state index contributed by atoms with van der Waals surface area (Å²) >= 11 is 0. The molecule has 2 heterocycles. The Morgan fingerprint density at radius 2 is 1.45 bits per heavy atom. The fourth-order valence-electron chi connectivity index (χ4n) is 4.91. The average Bonchev–Trinajstić information content (AvgIpc) is 3.45. The second-order valence-electron chi connectivity index (χ2n) is 9.15. The molecule has 0 fully saturated rings. The van der Waals surface area contributed by atoms with Gasteiger partial charge in [-0.05, 0) is 41.5 Å². The predicted molar refractivity (Wildman–Crippen MR) is 153 cm³/mol. The lowest BCUT2D eigenvalue weighted by molar-refractivity contribution is 0.356. The molecular weight excluding hydrogens is 472 g/mol. The van der Waals surface area contributed by atoms with Crippen molar-refractivity contribution in [2.24, 2.45) is 0 Å². The third-order valence-electron chi connectivity index (χ3n) is 6.89. The van der Waals surface area contributed by atoms with Gasteiger partial charge in [0.25, 0.3) is 0 Å². The number of ether oxygens (including phenoxy) is 2. The molecular formula is C32H28N4O2. The molecule has 6 heteroatoms. The minimum atomic E-state index is 0.141. The van der Waals surface area contributed by atoms with Gasteiger partial charge in [0, 0.05) is 46.6 Å². The molecule has 4 aromatic carbocycles. The minimum absolute atomic E-state index is 0.141. The number of aromatic amines is 1. The fraction of sp³-hybridized carbons (Fsp3) is 0.125. The molecule has 0 bridgehead atoms. The first-order valence-corrected chi connectivity index (χ1v) is 12.6. The standard InChI is InChI=1S/C32H28N4O2/c1-37-29-18-25-28(19-30(29)38-2)35-31(24-13-14-27-23(17-24)15-16-33-27)36-32(25)34-20-26(21-9-5-3-6-10-21)22-11-7-4-8-12-22/h3-19,26,33H,20H2,1-2H3,(H,34,35,36). The van der Waals surface area contributed by atoms with E-state index < -0.39 is 0 Å². The maximum absolute atomic E-state index is 5.61. The quantitative estimate of drug-likeness (QED) is 0.235. The van der Waals surface area contributed by atoms with Crippen LogP contribution in [0.15, 0.2) is 103 Å². The van der Waals surface area contributed by atoms with Crippen molar-refractivity contribution in [3.05, 3.63) is 114 Å². The molecule has 38 heavy (non-hydrogen) atoms. The number of aromatic nitrogens is 3. The highest BCUT2D eigenvalue weighted by Gasteiger charge is 2.18. The maximum atomic E-state index is 5.61. The van der Waals surface area contributed by atoms with Crippen molar-refractivity contribution in [1.29, 1.82) is 0 Å². The molecule has 0 radical (unpaired) electrons. The number of nitrogens with one attached hydrogen (secondary N) is 2. The smallest absolute Gasteiger partial charge is 0.162 e. The van der Waals surface area contributed by atoms with Crippen LogP contribution >= 0.6 is 0 Å². The number of fused-ring (bicyclic) bond motifs is 2. The van der Waals surface area contributed by atoms with E-state index in [1.165, 1.54) is 11.1 Å². The highest BCUT2D eigenvalue weighted by molar-refractivity contribution is 5.94. The van der Waals surface area contributed by atoms with Gasteiger partial charge in [0.1, 0.15) is 5.82 Å². The Kier molecular flexibility index (Phi) is 6.36. The first kappa shape index (κ1) is 23.6. The summed E-state index contributed by atoms with van der Waals surface area (Å²) in [6, 6.07) is 33.2. The van der Waals surface area contributed by atoms with Gasteiger partial charge in [-0.25, -0.2) is 9.97 Å². The van der Waals surface area contributed by atoms with Gasteiger partial charge in [0.15, 0.2) is 17.3 Å². The summed E-state index contributed by atoms with van der Waals surface area (Å²) in [6.07, 6.45) is 1.94. The summed E-state index contributed by atoms with van der Waals surface area (Å²) in [4.78, 5) is 13.2. The van der Waals surface area contributed by atoms with Gasteiger partial charge in [0.2, 0.25) is 0 Å².